The van der Waals surface area contributed by atoms with Crippen molar-refractivity contribution in [2.75, 3.05) is 5.75 Å². The molecule has 0 saturated heterocycles. The largest absolute Gasteiger partial charge is 0.387 e. The highest BCUT2D eigenvalue weighted by Gasteiger charge is 2.27. The standard InChI is InChI=1S/C37H73NO6S/c1-3-5-7-9-11-13-14-15-16-17-18-19-20-21-22-23-24-26-28-30-32-36(40)37(41)38-34(33-45(42,43)44)35(39)31-29-27-25-12-10-8-6-4-2/h29,31,34-36,39-40H,3-28,30,32-33H2,1-2H3,(H,38,41)(H,42,43,44)/b31-29+. The molecule has 0 aromatic carbocycles. The summed E-state index contributed by atoms with van der Waals surface area (Å²) < 4.78 is 32.3. The molecule has 268 valence electrons. The van der Waals surface area contributed by atoms with E-state index in [4.69, 9.17) is 0 Å². The van der Waals surface area contributed by atoms with Crippen molar-refractivity contribution in [3.63, 3.8) is 0 Å². The lowest BCUT2D eigenvalue weighted by Gasteiger charge is -2.22. The quantitative estimate of drug-likeness (QED) is 0.0310. The number of allylic oxidation sites excluding steroid dienone is 1. The number of aliphatic hydroxyl groups is 2. The highest BCUT2D eigenvalue weighted by molar-refractivity contribution is 7.85. The van der Waals surface area contributed by atoms with E-state index in [1.54, 1.807) is 6.08 Å². The van der Waals surface area contributed by atoms with Crippen LogP contribution in [0.3, 0.4) is 0 Å². The average molecular weight is 660 g/mol. The molecule has 3 atom stereocenters. The Balaban J connectivity index is 3.90. The van der Waals surface area contributed by atoms with Gasteiger partial charge in [-0.1, -0.05) is 187 Å². The molecular weight excluding hydrogens is 586 g/mol. The van der Waals surface area contributed by atoms with E-state index < -0.39 is 40.0 Å². The van der Waals surface area contributed by atoms with Crippen LogP contribution in [0.4, 0.5) is 0 Å². The van der Waals surface area contributed by atoms with Crippen molar-refractivity contribution >= 4 is 16.0 Å². The fraction of sp³-hybridized carbons (Fsp3) is 0.919. The van der Waals surface area contributed by atoms with Crippen LogP contribution in [0.2, 0.25) is 0 Å². The SMILES string of the molecule is CCCCCCCC/C=C/C(O)C(CS(=O)(=O)O)NC(=O)C(O)CCCCCCCCCCCCCCCCCCCCCC. The van der Waals surface area contributed by atoms with Crippen LogP contribution >= 0.6 is 0 Å². The van der Waals surface area contributed by atoms with Gasteiger partial charge >= 0.3 is 0 Å². The van der Waals surface area contributed by atoms with Gasteiger partial charge in [-0.25, -0.2) is 0 Å². The van der Waals surface area contributed by atoms with Crippen molar-refractivity contribution in [3.8, 4) is 0 Å². The lowest BCUT2D eigenvalue weighted by molar-refractivity contribution is -0.130. The Bertz CT molecular complexity index is 788. The van der Waals surface area contributed by atoms with Crippen molar-refractivity contribution in [2.45, 2.75) is 212 Å². The molecule has 0 aliphatic rings. The molecule has 0 aromatic heterocycles. The van der Waals surface area contributed by atoms with E-state index in [1.165, 1.54) is 134 Å². The maximum Gasteiger partial charge on any atom is 0.267 e. The fourth-order valence-electron chi connectivity index (χ4n) is 5.87. The summed E-state index contributed by atoms with van der Waals surface area (Å²) in [6, 6.07) is -1.22. The summed E-state index contributed by atoms with van der Waals surface area (Å²) in [5, 5.41) is 23.2. The zero-order valence-corrected chi connectivity index (χ0v) is 30.2. The molecule has 0 aliphatic heterocycles. The zero-order valence-electron chi connectivity index (χ0n) is 29.4. The second kappa shape index (κ2) is 31.6. The summed E-state index contributed by atoms with van der Waals surface area (Å²) in [6.07, 6.45) is 34.4. The summed E-state index contributed by atoms with van der Waals surface area (Å²) in [5.41, 5.74) is 0. The van der Waals surface area contributed by atoms with Gasteiger partial charge in [-0.15, -0.1) is 0 Å². The third-order valence-corrected chi connectivity index (χ3v) is 9.60. The molecule has 0 rings (SSSR count). The second-order valence-corrected chi connectivity index (χ2v) is 14.9. The van der Waals surface area contributed by atoms with Crippen LogP contribution in [0, 0.1) is 0 Å². The number of amides is 1. The van der Waals surface area contributed by atoms with Crippen LogP contribution in [0.15, 0.2) is 12.2 Å². The smallest absolute Gasteiger partial charge is 0.267 e. The molecule has 8 heteroatoms. The van der Waals surface area contributed by atoms with Crippen molar-refractivity contribution in [2.24, 2.45) is 0 Å². The van der Waals surface area contributed by atoms with Crippen LogP contribution in [0.1, 0.15) is 194 Å². The average Bonchev–Trinajstić information content (AvgIpc) is 3.00. The molecule has 0 saturated carbocycles. The van der Waals surface area contributed by atoms with Gasteiger partial charge in [0.15, 0.2) is 0 Å². The molecule has 1 amide bonds. The van der Waals surface area contributed by atoms with E-state index in [0.29, 0.717) is 6.42 Å². The first kappa shape index (κ1) is 44.0. The molecule has 45 heavy (non-hydrogen) atoms. The summed E-state index contributed by atoms with van der Waals surface area (Å²) in [7, 11) is -4.43. The molecule has 3 unspecified atom stereocenters. The number of hydrogen-bond acceptors (Lipinski definition) is 5. The number of carbonyl (C=O) groups excluding carboxylic acids is 1. The first-order valence-corrected chi connectivity index (χ1v) is 20.6. The third-order valence-electron chi connectivity index (χ3n) is 8.82. The van der Waals surface area contributed by atoms with Crippen LogP contribution in [-0.4, -0.2) is 53.1 Å². The lowest BCUT2D eigenvalue weighted by atomic mass is 10.0. The van der Waals surface area contributed by atoms with Gasteiger partial charge in [0.05, 0.1) is 17.9 Å². The molecule has 0 heterocycles. The summed E-state index contributed by atoms with van der Waals surface area (Å²) >= 11 is 0. The summed E-state index contributed by atoms with van der Waals surface area (Å²) in [5.74, 6) is -1.53. The third kappa shape index (κ3) is 31.4. The van der Waals surface area contributed by atoms with Crippen LogP contribution in [0.5, 0.6) is 0 Å². The number of rotatable bonds is 34. The van der Waals surface area contributed by atoms with Gasteiger partial charge in [0.2, 0.25) is 5.91 Å². The molecule has 0 radical (unpaired) electrons. The number of carbonyl (C=O) groups is 1. The van der Waals surface area contributed by atoms with Gasteiger partial charge < -0.3 is 15.5 Å². The maximum absolute atomic E-state index is 12.5. The van der Waals surface area contributed by atoms with Crippen molar-refractivity contribution in [3.05, 3.63) is 12.2 Å². The fourth-order valence-corrected chi connectivity index (χ4v) is 6.60. The van der Waals surface area contributed by atoms with E-state index in [9.17, 15) is 28.0 Å². The Labute approximate surface area is 278 Å². The minimum absolute atomic E-state index is 0.285. The topological polar surface area (TPSA) is 124 Å². The predicted octanol–water partition coefficient (Wildman–Crippen LogP) is 9.60. The van der Waals surface area contributed by atoms with Gasteiger partial charge in [-0.2, -0.15) is 8.42 Å². The zero-order chi connectivity index (χ0) is 33.4. The molecule has 0 fully saturated rings. The monoisotopic (exact) mass is 660 g/mol. The van der Waals surface area contributed by atoms with Gasteiger partial charge in [0.1, 0.15) is 6.10 Å². The highest BCUT2D eigenvalue weighted by atomic mass is 32.2. The normalized spacial score (nSPS) is 14.2. The predicted molar refractivity (Wildman–Crippen MR) is 190 cm³/mol. The number of nitrogens with one attached hydrogen (secondary N) is 1. The summed E-state index contributed by atoms with van der Waals surface area (Å²) in [6.45, 7) is 4.45. The van der Waals surface area contributed by atoms with Crippen molar-refractivity contribution in [1.82, 2.24) is 5.32 Å². The minimum Gasteiger partial charge on any atom is -0.387 e. The molecular formula is C37H73NO6S. The molecule has 7 nitrogen and oxygen atoms in total. The molecule has 0 spiro atoms. The van der Waals surface area contributed by atoms with Crippen molar-refractivity contribution in [1.29, 1.82) is 0 Å². The second-order valence-electron chi connectivity index (χ2n) is 13.4. The highest BCUT2D eigenvalue weighted by Crippen LogP contribution is 2.16. The van der Waals surface area contributed by atoms with Gasteiger partial charge in [0.25, 0.3) is 10.1 Å². The Morgan fingerprint density at radius 3 is 1.33 bits per heavy atom. The van der Waals surface area contributed by atoms with Gasteiger partial charge in [-0.05, 0) is 19.3 Å². The van der Waals surface area contributed by atoms with Gasteiger partial charge in [-0.3, -0.25) is 9.35 Å². The van der Waals surface area contributed by atoms with E-state index >= 15 is 0 Å². The Kier molecular flexibility index (Phi) is 31.0. The Morgan fingerprint density at radius 2 is 0.956 bits per heavy atom. The molecule has 0 aromatic rings. The Hall–Kier alpha value is -0.960. The number of unbranched alkanes of at least 4 members (excludes halogenated alkanes) is 25. The number of hydrogen-bond donors (Lipinski definition) is 4. The van der Waals surface area contributed by atoms with Crippen LogP contribution in [0.25, 0.3) is 0 Å². The Morgan fingerprint density at radius 1 is 0.600 bits per heavy atom. The van der Waals surface area contributed by atoms with Crippen molar-refractivity contribution < 1.29 is 28.0 Å². The minimum atomic E-state index is -4.43. The first-order valence-electron chi connectivity index (χ1n) is 19.0. The van der Waals surface area contributed by atoms with E-state index in [1.807, 2.05) is 0 Å². The van der Waals surface area contributed by atoms with Crippen LogP contribution in [-0.2, 0) is 14.9 Å². The van der Waals surface area contributed by atoms with E-state index in [-0.39, 0.29) is 6.42 Å². The molecule has 4 N–H and O–H groups in total. The molecule has 0 bridgehead atoms. The summed E-state index contributed by atoms with van der Waals surface area (Å²) in [4.78, 5) is 12.5. The van der Waals surface area contributed by atoms with E-state index in [0.717, 1.165) is 38.5 Å². The maximum atomic E-state index is 12.5. The first-order chi connectivity index (χ1) is 21.7. The van der Waals surface area contributed by atoms with Crippen LogP contribution < -0.4 is 5.32 Å². The molecule has 0 aliphatic carbocycles. The number of aliphatic hydroxyl groups excluding tert-OH is 2. The lowest BCUT2D eigenvalue weighted by Crippen LogP contribution is -2.50. The van der Waals surface area contributed by atoms with Gasteiger partial charge in [0, 0.05) is 0 Å². The van der Waals surface area contributed by atoms with E-state index in [2.05, 4.69) is 19.2 Å².